The maximum Gasteiger partial charge on any atom is 0.164 e. The molecule has 0 saturated heterocycles. The molecular formula is C41H25N3O. The van der Waals surface area contributed by atoms with Crippen molar-refractivity contribution in [2.75, 3.05) is 0 Å². The maximum absolute atomic E-state index is 6.56. The highest BCUT2D eigenvalue weighted by atomic mass is 16.3. The van der Waals surface area contributed by atoms with Crippen LogP contribution < -0.4 is 0 Å². The summed E-state index contributed by atoms with van der Waals surface area (Å²) in [4.78, 5) is 15.2. The van der Waals surface area contributed by atoms with Gasteiger partial charge in [0.25, 0.3) is 0 Å². The summed E-state index contributed by atoms with van der Waals surface area (Å²) in [6, 6.07) is 52.2. The van der Waals surface area contributed by atoms with E-state index in [0.717, 1.165) is 65.9 Å². The lowest BCUT2D eigenvalue weighted by atomic mass is 10.0. The van der Waals surface area contributed by atoms with Crippen LogP contribution in [0, 0.1) is 0 Å². The Morgan fingerprint density at radius 1 is 0.356 bits per heavy atom. The lowest BCUT2D eigenvalue weighted by molar-refractivity contribution is 0.670. The van der Waals surface area contributed by atoms with E-state index in [1.807, 2.05) is 6.07 Å². The first-order chi connectivity index (χ1) is 22.3. The van der Waals surface area contributed by atoms with Crippen molar-refractivity contribution in [1.82, 2.24) is 15.0 Å². The average molecular weight is 576 g/mol. The highest BCUT2D eigenvalue weighted by Crippen LogP contribution is 2.38. The predicted molar refractivity (Wildman–Crippen MR) is 184 cm³/mol. The van der Waals surface area contributed by atoms with Gasteiger partial charge < -0.3 is 4.42 Å². The second-order valence-corrected chi connectivity index (χ2v) is 11.3. The molecule has 0 unspecified atom stereocenters. The molecule has 0 aliphatic carbocycles. The van der Waals surface area contributed by atoms with Crippen LogP contribution in [0.2, 0.25) is 0 Å². The van der Waals surface area contributed by atoms with Crippen molar-refractivity contribution in [2.24, 2.45) is 0 Å². The normalized spacial score (nSPS) is 11.6. The van der Waals surface area contributed by atoms with Crippen molar-refractivity contribution >= 4 is 43.5 Å². The fraction of sp³-hybridized carbons (Fsp3) is 0. The molecule has 9 aromatic rings. The van der Waals surface area contributed by atoms with Gasteiger partial charge >= 0.3 is 0 Å². The van der Waals surface area contributed by atoms with E-state index in [1.165, 1.54) is 5.39 Å². The molecule has 0 fully saturated rings. The summed E-state index contributed by atoms with van der Waals surface area (Å²) in [6.07, 6.45) is 0. The van der Waals surface area contributed by atoms with Crippen LogP contribution in [0.4, 0.5) is 0 Å². The highest BCUT2D eigenvalue weighted by molar-refractivity contribution is 6.10. The van der Waals surface area contributed by atoms with E-state index in [4.69, 9.17) is 19.4 Å². The summed E-state index contributed by atoms with van der Waals surface area (Å²) in [6.45, 7) is 0. The Morgan fingerprint density at radius 2 is 0.978 bits per heavy atom. The number of benzene rings is 7. The third kappa shape index (κ3) is 4.35. The molecule has 45 heavy (non-hydrogen) atoms. The smallest absolute Gasteiger partial charge is 0.164 e. The van der Waals surface area contributed by atoms with Gasteiger partial charge in [0, 0.05) is 33.0 Å². The number of hydrogen-bond donors (Lipinski definition) is 0. The molecule has 9 rings (SSSR count). The van der Waals surface area contributed by atoms with Crippen molar-refractivity contribution in [2.45, 2.75) is 0 Å². The van der Waals surface area contributed by atoms with Gasteiger partial charge in [-0.25, -0.2) is 15.0 Å². The Labute approximate surface area is 259 Å². The minimum Gasteiger partial charge on any atom is -0.455 e. The van der Waals surface area contributed by atoms with Gasteiger partial charge in [0.2, 0.25) is 0 Å². The molecule has 4 nitrogen and oxygen atoms in total. The van der Waals surface area contributed by atoms with Crippen molar-refractivity contribution in [1.29, 1.82) is 0 Å². The minimum absolute atomic E-state index is 0.599. The topological polar surface area (TPSA) is 51.8 Å². The first-order valence-corrected chi connectivity index (χ1v) is 15.0. The van der Waals surface area contributed by atoms with Gasteiger partial charge in [-0.2, -0.15) is 0 Å². The molecular weight excluding hydrogens is 550 g/mol. The molecule has 2 heterocycles. The third-order valence-corrected chi connectivity index (χ3v) is 8.52. The van der Waals surface area contributed by atoms with E-state index >= 15 is 0 Å². The van der Waals surface area contributed by atoms with Gasteiger partial charge in [-0.15, -0.1) is 0 Å². The number of para-hydroxylation sites is 1. The summed E-state index contributed by atoms with van der Waals surface area (Å²) in [5.74, 6) is 1.86. The molecule has 4 heteroatoms. The Hall–Kier alpha value is -6.13. The third-order valence-electron chi connectivity index (χ3n) is 8.52. The molecule has 7 aromatic carbocycles. The molecule has 0 atom stereocenters. The number of nitrogens with zero attached hydrogens (tertiary/aromatic N) is 3. The van der Waals surface area contributed by atoms with Crippen LogP contribution in [0.1, 0.15) is 0 Å². The van der Waals surface area contributed by atoms with Gasteiger partial charge in [0.15, 0.2) is 17.5 Å². The Kier molecular flexibility index (Phi) is 5.78. The zero-order valence-electron chi connectivity index (χ0n) is 24.2. The first kappa shape index (κ1) is 25.4. The van der Waals surface area contributed by atoms with E-state index in [1.54, 1.807) is 0 Å². The predicted octanol–water partition coefficient (Wildman–Crippen LogP) is 10.7. The number of fused-ring (bicyclic) bond motifs is 5. The average Bonchev–Trinajstić information content (AvgIpc) is 3.49. The molecule has 210 valence electrons. The summed E-state index contributed by atoms with van der Waals surface area (Å²) in [5.41, 5.74) is 6.65. The van der Waals surface area contributed by atoms with E-state index < -0.39 is 0 Å². The molecule has 0 aliphatic rings. The van der Waals surface area contributed by atoms with Crippen molar-refractivity contribution in [3.63, 3.8) is 0 Å². The number of aromatic nitrogens is 3. The molecule has 0 radical (unpaired) electrons. The highest BCUT2D eigenvalue weighted by Gasteiger charge is 2.17. The van der Waals surface area contributed by atoms with Gasteiger partial charge in [0.1, 0.15) is 11.2 Å². The van der Waals surface area contributed by atoms with Gasteiger partial charge in [-0.05, 0) is 45.3 Å². The first-order valence-electron chi connectivity index (χ1n) is 15.0. The zero-order chi connectivity index (χ0) is 29.7. The fourth-order valence-electron chi connectivity index (χ4n) is 6.29. The minimum atomic E-state index is 0.599. The van der Waals surface area contributed by atoms with E-state index in [-0.39, 0.29) is 0 Å². The van der Waals surface area contributed by atoms with Crippen LogP contribution in [0.5, 0.6) is 0 Å². The molecule has 0 N–H and O–H groups in total. The lowest BCUT2D eigenvalue weighted by Crippen LogP contribution is -2.00. The zero-order valence-corrected chi connectivity index (χ0v) is 24.2. The van der Waals surface area contributed by atoms with Crippen LogP contribution in [0.25, 0.3) is 88.8 Å². The Balaban J connectivity index is 1.25. The summed E-state index contributed by atoms with van der Waals surface area (Å²) >= 11 is 0. The Bertz CT molecular complexity index is 2540. The van der Waals surface area contributed by atoms with Crippen LogP contribution in [0.15, 0.2) is 156 Å². The van der Waals surface area contributed by atoms with Gasteiger partial charge in [-0.3, -0.25) is 0 Å². The second kappa shape index (κ2) is 10.2. The summed E-state index contributed by atoms with van der Waals surface area (Å²) in [5, 5.41) is 6.70. The molecule has 2 aromatic heterocycles. The molecule has 0 spiro atoms. The fourth-order valence-corrected chi connectivity index (χ4v) is 6.29. The van der Waals surface area contributed by atoms with Gasteiger partial charge in [0.05, 0.1) is 0 Å². The lowest BCUT2D eigenvalue weighted by Gasteiger charge is -2.11. The van der Waals surface area contributed by atoms with Crippen molar-refractivity contribution < 1.29 is 4.42 Å². The maximum atomic E-state index is 6.56. The second-order valence-electron chi connectivity index (χ2n) is 11.3. The SMILES string of the molecule is c1ccc(-c2cccc3c2oc2cc(-c4nc(-c5ccc6ccccc6c5)nc(-c5cccc6ccccc56)n4)ccc23)cc1. The van der Waals surface area contributed by atoms with Crippen molar-refractivity contribution in [3.8, 4) is 45.3 Å². The number of rotatable bonds is 4. The van der Waals surface area contributed by atoms with Crippen LogP contribution >= 0.6 is 0 Å². The molecule has 0 saturated carbocycles. The van der Waals surface area contributed by atoms with E-state index in [9.17, 15) is 0 Å². The molecule has 0 amide bonds. The molecule has 0 bridgehead atoms. The van der Waals surface area contributed by atoms with E-state index in [2.05, 4.69) is 146 Å². The quantitative estimate of drug-likeness (QED) is 0.209. The number of hydrogen-bond acceptors (Lipinski definition) is 4. The summed E-state index contributed by atoms with van der Waals surface area (Å²) < 4.78 is 6.56. The van der Waals surface area contributed by atoms with Crippen molar-refractivity contribution in [3.05, 3.63) is 152 Å². The largest absolute Gasteiger partial charge is 0.455 e. The van der Waals surface area contributed by atoms with Gasteiger partial charge in [-0.1, -0.05) is 133 Å². The monoisotopic (exact) mass is 575 g/mol. The number of furan rings is 1. The van der Waals surface area contributed by atoms with Crippen LogP contribution in [-0.2, 0) is 0 Å². The Morgan fingerprint density at radius 3 is 1.84 bits per heavy atom. The van der Waals surface area contributed by atoms with Crippen LogP contribution in [0.3, 0.4) is 0 Å². The van der Waals surface area contributed by atoms with E-state index in [0.29, 0.717) is 17.5 Å². The molecule has 0 aliphatic heterocycles. The van der Waals surface area contributed by atoms with Crippen LogP contribution in [-0.4, -0.2) is 15.0 Å². The summed E-state index contributed by atoms with van der Waals surface area (Å²) in [7, 11) is 0. The standard InChI is InChI=1S/C41H25N3O/c1-2-11-28(12-3-1)33-17-9-18-35-34-23-22-31(25-37(34)45-38(33)35)40-42-39(30-21-20-26-10-4-5-14-29(26)24-30)43-41(44-40)36-19-8-15-27-13-6-7-16-32(27)36/h1-25H.